The molecule has 1 aliphatic carbocycles. The van der Waals surface area contributed by atoms with Crippen LogP contribution >= 0.6 is 23.5 Å². The molecule has 0 radical (unpaired) electrons. The van der Waals surface area contributed by atoms with E-state index in [1.165, 1.54) is 6.42 Å². The summed E-state index contributed by atoms with van der Waals surface area (Å²) >= 11 is 3.17. The fourth-order valence-electron chi connectivity index (χ4n) is 2.68. The molecule has 0 unspecified atom stereocenters. The van der Waals surface area contributed by atoms with Gasteiger partial charge in [-0.1, -0.05) is 19.3 Å². The van der Waals surface area contributed by atoms with Crippen molar-refractivity contribution in [2.45, 2.75) is 49.5 Å². The molecule has 2 aliphatic rings. The Bertz CT molecular complexity index is 303. The third-order valence-electron chi connectivity index (χ3n) is 3.66. The van der Waals surface area contributed by atoms with Gasteiger partial charge < -0.3 is 0 Å². The van der Waals surface area contributed by atoms with Crippen LogP contribution in [0.3, 0.4) is 0 Å². The van der Waals surface area contributed by atoms with Crippen LogP contribution < -0.4 is 0 Å². The zero-order valence-corrected chi connectivity index (χ0v) is 12.0. The highest BCUT2D eigenvalue weighted by atomic mass is 32.2. The SMILES string of the molecule is CC(=O)C1(C(=O)C2CCCCC2)SCCCS1. The van der Waals surface area contributed by atoms with E-state index in [1.54, 1.807) is 30.4 Å². The molecule has 0 amide bonds. The van der Waals surface area contributed by atoms with Crippen molar-refractivity contribution >= 4 is 35.1 Å². The van der Waals surface area contributed by atoms with Gasteiger partial charge in [0.1, 0.15) is 0 Å². The van der Waals surface area contributed by atoms with Crippen molar-refractivity contribution in [2.24, 2.45) is 5.92 Å². The predicted octanol–water partition coefficient (Wildman–Crippen LogP) is 3.29. The molecule has 0 atom stereocenters. The second kappa shape index (κ2) is 5.79. The summed E-state index contributed by atoms with van der Waals surface area (Å²) in [5.41, 5.74) is 0. The lowest BCUT2D eigenvalue weighted by Gasteiger charge is -2.36. The van der Waals surface area contributed by atoms with E-state index < -0.39 is 4.08 Å². The van der Waals surface area contributed by atoms with E-state index in [2.05, 4.69) is 0 Å². The van der Waals surface area contributed by atoms with E-state index >= 15 is 0 Å². The molecule has 0 bridgehead atoms. The highest BCUT2D eigenvalue weighted by molar-refractivity contribution is 8.21. The van der Waals surface area contributed by atoms with Gasteiger partial charge in [-0.05, 0) is 37.7 Å². The van der Waals surface area contributed by atoms with Crippen molar-refractivity contribution in [1.82, 2.24) is 0 Å². The van der Waals surface area contributed by atoms with Gasteiger partial charge >= 0.3 is 0 Å². The molecule has 4 heteroatoms. The minimum Gasteiger partial charge on any atom is -0.297 e. The van der Waals surface area contributed by atoms with Gasteiger partial charge in [0.15, 0.2) is 15.6 Å². The maximum Gasteiger partial charge on any atom is 0.178 e. The molecule has 17 heavy (non-hydrogen) atoms. The number of carbonyl (C=O) groups is 2. The zero-order valence-electron chi connectivity index (χ0n) is 10.4. The van der Waals surface area contributed by atoms with Crippen LogP contribution in [0.5, 0.6) is 0 Å². The maximum atomic E-state index is 12.7. The van der Waals surface area contributed by atoms with Gasteiger partial charge in [0.2, 0.25) is 0 Å². The summed E-state index contributed by atoms with van der Waals surface area (Å²) in [6.07, 6.45) is 6.66. The first-order valence-electron chi connectivity index (χ1n) is 6.50. The standard InChI is InChI=1S/C13H20O2S2/c1-10(14)13(16-8-5-9-17-13)12(15)11-6-3-2-4-7-11/h11H,2-9H2,1H3. The smallest absolute Gasteiger partial charge is 0.178 e. The molecular formula is C13H20O2S2. The number of hydrogen-bond acceptors (Lipinski definition) is 4. The lowest BCUT2D eigenvalue weighted by atomic mass is 9.84. The minimum absolute atomic E-state index is 0.0581. The van der Waals surface area contributed by atoms with Crippen LogP contribution in [-0.2, 0) is 9.59 Å². The van der Waals surface area contributed by atoms with Gasteiger partial charge in [-0.15, -0.1) is 23.5 Å². The van der Waals surface area contributed by atoms with Crippen LogP contribution in [0, 0.1) is 5.92 Å². The van der Waals surface area contributed by atoms with Gasteiger partial charge in [0.05, 0.1) is 0 Å². The van der Waals surface area contributed by atoms with Crippen LogP contribution in [0.15, 0.2) is 0 Å². The molecule has 1 saturated carbocycles. The Kier molecular flexibility index (Phi) is 4.59. The number of rotatable bonds is 3. The van der Waals surface area contributed by atoms with Crippen molar-refractivity contribution in [3.8, 4) is 0 Å². The van der Waals surface area contributed by atoms with Crippen LogP contribution in [0.1, 0.15) is 45.4 Å². The first-order valence-corrected chi connectivity index (χ1v) is 8.47. The Labute approximate surface area is 112 Å². The van der Waals surface area contributed by atoms with Crippen molar-refractivity contribution in [3.05, 3.63) is 0 Å². The van der Waals surface area contributed by atoms with Crippen molar-refractivity contribution < 1.29 is 9.59 Å². The molecule has 0 spiro atoms. The van der Waals surface area contributed by atoms with Gasteiger partial charge in [-0.3, -0.25) is 9.59 Å². The lowest BCUT2D eigenvalue weighted by Crippen LogP contribution is -2.45. The van der Waals surface area contributed by atoms with E-state index in [0.717, 1.165) is 43.6 Å². The summed E-state index contributed by atoms with van der Waals surface area (Å²) in [4.78, 5) is 24.6. The molecule has 1 saturated heterocycles. The highest BCUT2D eigenvalue weighted by Gasteiger charge is 2.48. The maximum absolute atomic E-state index is 12.7. The average molecular weight is 272 g/mol. The van der Waals surface area contributed by atoms with E-state index in [4.69, 9.17) is 0 Å². The molecule has 2 nitrogen and oxygen atoms in total. The van der Waals surface area contributed by atoms with Crippen molar-refractivity contribution in [1.29, 1.82) is 0 Å². The summed E-state index contributed by atoms with van der Waals surface area (Å²) < 4.78 is -0.750. The van der Waals surface area contributed by atoms with Crippen LogP contribution in [-0.4, -0.2) is 27.2 Å². The fourth-order valence-corrected chi connectivity index (χ4v) is 5.88. The van der Waals surface area contributed by atoms with Crippen molar-refractivity contribution in [2.75, 3.05) is 11.5 Å². The second-order valence-corrected chi connectivity index (χ2v) is 7.80. The Morgan fingerprint density at radius 3 is 2.12 bits per heavy atom. The summed E-state index contributed by atoms with van der Waals surface area (Å²) in [5, 5.41) is 0. The van der Waals surface area contributed by atoms with Crippen LogP contribution in [0.25, 0.3) is 0 Å². The Morgan fingerprint density at radius 2 is 1.59 bits per heavy atom. The topological polar surface area (TPSA) is 34.1 Å². The fraction of sp³-hybridized carbons (Fsp3) is 0.846. The molecule has 1 aliphatic heterocycles. The number of Topliss-reactive ketones (excluding diaryl/α,β-unsaturated/α-hetero) is 2. The first-order chi connectivity index (χ1) is 8.17. The normalized spacial score (nSPS) is 25.5. The Hall–Kier alpha value is 0.0400. The Morgan fingerprint density at radius 1 is 1.00 bits per heavy atom. The summed E-state index contributed by atoms with van der Waals surface area (Å²) in [7, 11) is 0. The van der Waals surface area contributed by atoms with E-state index in [-0.39, 0.29) is 17.5 Å². The molecular weight excluding hydrogens is 252 g/mol. The third kappa shape index (κ3) is 2.73. The second-order valence-electron chi connectivity index (χ2n) is 4.92. The first kappa shape index (κ1) is 13.5. The van der Waals surface area contributed by atoms with Crippen LogP contribution in [0.4, 0.5) is 0 Å². The van der Waals surface area contributed by atoms with Gasteiger partial charge in [-0.2, -0.15) is 0 Å². The van der Waals surface area contributed by atoms with E-state index in [9.17, 15) is 9.59 Å². The number of carbonyl (C=O) groups excluding carboxylic acids is 2. The largest absolute Gasteiger partial charge is 0.297 e. The average Bonchev–Trinajstić information content (AvgIpc) is 2.39. The van der Waals surface area contributed by atoms with Gasteiger partial charge in [-0.25, -0.2) is 0 Å². The molecule has 2 rings (SSSR count). The minimum atomic E-state index is -0.750. The number of hydrogen-bond donors (Lipinski definition) is 0. The molecule has 0 aromatic heterocycles. The van der Waals surface area contributed by atoms with Crippen molar-refractivity contribution in [3.63, 3.8) is 0 Å². The molecule has 2 fully saturated rings. The number of thioether (sulfide) groups is 2. The lowest BCUT2D eigenvalue weighted by molar-refractivity contribution is -0.129. The number of ketones is 2. The quantitative estimate of drug-likeness (QED) is 0.738. The molecule has 0 aromatic carbocycles. The summed E-state index contributed by atoms with van der Waals surface area (Å²) in [5.74, 6) is 2.32. The highest BCUT2D eigenvalue weighted by Crippen LogP contribution is 2.46. The molecule has 0 N–H and O–H groups in total. The van der Waals surface area contributed by atoms with E-state index in [1.807, 2.05) is 0 Å². The van der Waals surface area contributed by atoms with Gasteiger partial charge in [0, 0.05) is 5.92 Å². The summed E-state index contributed by atoms with van der Waals surface area (Å²) in [6, 6.07) is 0. The molecule has 1 heterocycles. The Balaban J connectivity index is 2.14. The predicted molar refractivity (Wildman–Crippen MR) is 74.5 cm³/mol. The summed E-state index contributed by atoms with van der Waals surface area (Å²) in [6.45, 7) is 1.59. The zero-order chi connectivity index (χ0) is 12.3. The van der Waals surface area contributed by atoms with E-state index in [0.29, 0.717) is 0 Å². The molecule has 96 valence electrons. The van der Waals surface area contributed by atoms with Gasteiger partial charge in [0.25, 0.3) is 0 Å². The third-order valence-corrected chi connectivity index (χ3v) is 7.15. The molecule has 0 aromatic rings. The monoisotopic (exact) mass is 272 g/mol. The van der Waals surface area contributed by atoms with Crippen LogP contribution in [0.2, 0.25) is 0 Å².